The summed E-state index contributed by atoms with van der Waals surface area (Å²) in [5.41, 5.74) is 0.882. The summed E-state index contributed by atoms with van der Waals surface area (Å²) >= 11 is 1.58. The molecule has 0 spiro atoms. The van der Waals surface area contributed by atoms with Gasteiger partial charge >= 0.3 is 5.97 Å². The van der Waals surface area contributed by atoms with Crippen LogP contribution in [0.25, 0.3) is 0 Å². The van der Waals surface area contributed by atoms with E-state index >= 15 is 0 Å². The van der Waals surface area contributed by atoms with E-state index in [1.54, 1.807) is 16.2 Å². The van der Waals surface area contributed by atoms with Gasteiger partial charge in [-0.1, -0.05) is 36.4 Å². The van der Waals surface area contributed by atoms with E-state index in [4.69, 9.17) is 0 Å². The average molecular weight is 301 g/mol. The standard InChI is InChI=1S/C16H15NO3S/c18-14-9-13(16(19)20)15(11-5-2-1-3-6-11)17(14)10-12-7-4-8-21-12/h1-8,13,15H,9-10H2,(H,19,20). The molecule has 1 saturated heterocycles. The van der Waals surface area contributed by atoms with Crippen LogP contribution in [0, 0.1) is 5.92 Å². The van der Waals surface area contributed by atoms with E-state index in [2.05, 4.69) is 0 Å². The van der Waals surface area contributed by atoms with Crippen LogP contribution in [-0.2, 0) is 16.1 Å². The van der Waals surface area contributed by atoms with Crippen LogP contribution >= 0.6 is 11.3 Å². The zero-order chi connectivity index (χ0) is 14.8. The van der Waals surface area contributed by atoms with Crippen LogP contribution in [0.2, 0.25) is 0 Å². The summed E-state index contributed by atoms with van der Waals surface area (Å²) < 4.78 is 0. The summed E-state index contributed by atoms with van der Waals surface area (Å²) in [6.07, 6.45) is 0.0697. The van der Waals surface area contributed by atoms with Crippen molar-refractivity contribution in [2.45, 2.75) is 19.0 Å². The minimum Gasteiger partial charge on any atom is -0.481 e. The molecule has 3 rings (SSSR count). The first-order chi connectivity index (χ1) is 10.2. The third kappa shape index (κ3) is 2.69. The molecule has 0 radical (unpaired) electrons. The number of carbonyl (C=O) groups is 2. The maximum Gasteiger partial charge on any atom is 0.309 e. The lowest BCUT2D eigenvalue weighted by atomic mass is 9.94. The summed E-state index contributed by atoms with van der Waals surface area (Å²) in [6, 6.07) is 12.9. The fourth-order valence-electron chi connectivity index (χ4n) is 2.83. The van der Waals surface area contributed by atoms with E-state index in [0.29, 0.717) is 6.54 Å². The van der Waals surface area contributed by atoms with Crippen LogP contribution in [0.5, 0.6) is 0 Å². The lowest BCUT2D eigenvalue weighted by molar-refractivity contribution is -0.142. The number of nitrogens with zero attached hydrogens (tertiary/aromatic N) is 1. The number of likely N-dealkylation sites (tertiary alicyclic amines) is 1. The van der Waals surface area contributed by atoms with Gasteiger partial charge in [0.2, 0.25) is 5.91 Å². The molecular formula is C16H15NO3S. The van der Waals surface area contributed by atoms with Crippen molar-refractivity contribution in [2.24, 2.45) is 5.92 Å². The van der Waals surface area contributed by atoms with E-state index in [1.807, 2.05) is 47.8 Å². The van der Waals surface area contributed by atoms with Crippen molar-refractivity contribution in [3.05, 3.63) is 58.3 Å². The topological polar surface area (TPSA) is 57.6 Å². The molecule has 1 aromatic heterocycles. The van der Waals surface area contributed by atoms with Gasteiger partial charge in [-0.25, -0.2) is 0 Å². The predicted octanol–water partition coefficient (Wildman–Crippen LogP) is 2.92. The molecule has 5 heteroatoms. The van der Waals surface area contributed by atoms with Gasteiger partial charge in [0.15, 0.2) is 0 Å². The van der Waals surface area contributed by atoms with Crippen molar-refractivity contribution >= 4 is 23.2 Å². The second-order valence-corrected chi connectivity index (χ2v) is 6.14. The molecule has 2 heterocycles. The maximum atomic E-state index is 12.3. The van der Waals surface area contributed by atoms with Gasteiger partial charge in [-0.3, -0.25) is 9.59 Å². The second kappa shape index (κ2) is 5.69. The first kappa shape index (κ1) is 13.8. The Bertz CT molecular complexity index is 639. The molecular weight excluding hydrogens is 286 g/mol. The Morgan fingerprint density at radius 2 is 2.00 bits per heavy atom. The molecule has 1 aliphatic heterocycles. The number of amides is 1. The van der Waals surface area contributed by atoms with Gasteiger partial charge < -0.3 is 10.0 Å². The Morgan fingerprint density at radius 3 is 2.62 bits per heavy atom. The third-order valence-corrected chi connectivity index (χ3v) is 4.66. The van der Waals surface area contributed by atoms with Crippen molar-refractivity contribution in [2.75, 3.05) is 0 Å². The van der Waals surface area contributed by atoms with E-state index in [0.717, 1.165) is 10.4 Å². The molecule has 108 valence electrons. The fourth-order valence-corrected chi connectivity index (χ4v) is 3.53. The molecule has 0 aliphatic carbocycles. The number of benzene rings is 1. The third-order valence-electron chi connectivity index (χ3n) is 3.80. The average Bonchev–Trinajstić information content (AvgIpc) is 3.09. The second-order valence-electron chi connectivity index (χ2n) is 5.11. The zero-order valence-corrected chi connectivity index (χ0v) is 12.1. The molecule has 0 bridgehead atoms. The van der Waals surface area contributed by atoms with E-state index < -0.39 is 17.9 Å². The van der Waals surface area contributed by atoms with Gasteiger partial charge in [0.25, 0.3) is 0 Å². The van der Waals surface area contributed by atoms with Crippen LogP contribution in [0.4, 0.5) is 0 Å². The smallest absolute Gasteiger partial charge is 0.309 e. The van der Waals surface area contributed by atoms with Crippen LogP contribution in [0.15, 0.2) is 47.8 Å². The Kier molecular flexibility index (Phi) is 3.75. The molecule has 4 nitrogen and oxygen atoms in total. The van der Waals surface area contributed by atoms with Gasteiger partial charge in [-0.2, -0.15) is 0 Å². The van der Waals surface area contributed by atoms with Crippen LogP contribution in [0.1, 0.15) is 22.9 Å². The first-order valence-corrected chi connectivity index (χ1v) is 7.64. The lowest BCUT2D eigenvalue weighted by Gasteiger charge is -2.27. The molecule has 1 N–H and O–H groups in total. The molecule has 1 amide bonds. The monoisotopic (exact) mass is 301 g/mol. The van der Waals surface area contributed by atoms with Gasteiger partial charge in [0, 0.05) is 11.3 Å². The SMILES string of the molecule is O=C(O)C1CC(=O)N(Cc2cccs2)C1c1ccccc1. The zero-order valence-electron chi connectivity index (χ0n) is 11.3. The Labute approximate surface area is 126 Å². The minimum absolute atomic E-state index is 0.0697. The highest BCUT2D eigenvalue weighted by molar-refractivity contribution is 7.09. The minimum atomic E-state index is -0.911. The summed E-state index contributed by atoms with van der Waals surface area (Å²) in [7, 11) is 0. The maximum absolute atomic E-state index is 12.3. The van der Waals surface area contributed by atoms with Crippen molar-refractivity contribution < 1.29 is 14.7 Å². The summed E-state index contributed by atoms with van der Waals surface area (Å²) in [4.78, 5) is 26.5. The van der Waals surface area contributed by atoms with Crippen molar-refractivity contribution in [3.8, 4) is 0 Å². The van der Waals surface area contributed by atoms with Gasteiger partial charge in [0.1, 0.15) is 0 Å². The fraction of sp³-hybridized carbons (Fsp3) is 0.250. The van der Waals surface area contributed by atoms with Crippen molar-refractivity contribution in [3.63, 3.8) is 0 Å². The molecule has 1 aromatic carbocycles. The first-order valence-electron chi connectivity index (χ1n) is 6.76. The van der Waals surface area contributed by atoms with Gasteiger partial charge in [-0.05, 0) is 17.0 Å². The van der Waals surface area contributed by atoms with Gasteiger partial charge in [-0.15, -0.1) is 11.3 Å². The molecule has 1 fully saturated rings. The normalized spacial score (nSPS) is 21.7. The van der Waals surface area contributed by atoms with Crippen molar-refractivity contribution in [1.29, 1.82) is 0 Å². The number of rotatable bonds is 4. The Hall–Kier alpha value is -2.14. The van der Waals surface area contributed by atoms with E-state index in [1.165, 1.54) is 0 Å². The highest BCUT2D eigenvalue weighted by Crippen LogP contribution is 2.39. The summed E-state index contributed by atoms with van der Waals surface area (Å²) in [6.45, 7) is 0.472. The Balaban J connectivity index is 1.95. The Morgan fingerprint density at radius 1 is 1.24 bits per heavy atom. The highest BCUT2D eigenvalue weighted by atomic mass is 32.1. The number of hydrogen-bond acceptors (Lipinski definition) is 3. The number of thiophene rings is 1. The lowest BCUT2D eigenvalue weighted by Crippen LogP contribution is -2.29. The predicted molar refractivity (Wildman–Crippen MR) is 79.8 cm³/mol. The number of hydrogen-bond donors (Lipinski definition) is 1. The molecule has 0 saturated carbocycles. The molecule has 21 heavy (non-hydrogen) atoms. The van der Waals surface area contributed by atoms with Gasteiger partial charge in [0.05, 0.1) is 18.5 Å². The van der Waals surface area contributed by atoms with Crippen LogP contribution in [0.3, 0.4) is 0 Å². The number of carbonyl (C=O) groups excluding carboxylic acids is 1. The summed E-state index contributed by atoms with van der Waals surface area (Å²) in [5, 5.41) is 11.4. The number of carboxylic acid groups (broad SMARTS) is 1. The number of carboxylic acids is 1. The van der Waals surface area contributed by atoms with Crippen LogP contribution < -0.4 is 0 Å². The van der Waals surface area contributed by atoms with Crippen molar-refractivity contribution in [1.82, 2.24) is 4.90 Å². The largest absolute Gasteiger partial charge is 0.481 e. The highest BCUT2D eigenvalue weighted by Gasteiger charge is 2.44. The quantitative estimate of drug-likeness (QED) is 0.944. The molecule has 2 aromatic rings. The number of aliphatic carboxylic acids is 1. The van der Waals surface area contributed by atoms with E-state index in [-0.39, 0.29) is 12.3 Å². The van der Waals surface area contributed by atoms with Crippen LogP contribution in [-0.4, -0.2) is 21.9 Å². The summed E-state index contributed by atoms with van der Waals surface area (Å²) in [5.74, 6) is -1.68. The molecule has 1 aliphatic rings. The van der Waals surface area contributed by atoms with E-state index in [9.17, 15) is 14.7 Å². The molecule has 2 unspecified atom stereocenters. The molecule has 2 atom stereocenters.